The lowest BCUT2D eigenvalue weighted by Gasteiger charge is -2.15. The first-order valence-electron chi connectivity index (χ1n) is 3.03. The van der Waals surface area contributed by atoms with Crippen LogP contribution in [0, 0.1) is 0 Å². The number of nitrogens with one attached hydrogen (secondary N) is 1. The minimum atomic E-state index is 0.0775. The van der Waals surface area contributed by atoms with Gasteiger partial charge in [0.25, 0.3) is 0 Å². The summed E-state index contributed by atoms with van der Waals surface area (Å²) in [6.45, 7) is 3.85. The molecule has 0 radical (unpaired) electrons. The lowest BCUT2D eigenvalue weighted by Crippen LogP contribution is -2.25. The summed E-state index contributed by atoms with van der Waals surface area (Å²) in [6, 6.07) is 0.0775. The van der Waals surface area contributed by atoms with Crippen LogP contribution in [0.15, 0.2) is 23.6 Å². The van der Waals surface area contributed by atoms with E-state index >= 15 is 0 Å². The van der Waals surface area contributed by atoms with E-state index in [4.69, 9.17) is 5.11 Å². The van der Waals surface area contributed by atoms with E-state index in [0.29, 0.717) is 5.76 Å². The fraction of sp³-hybridized carbons (Fsp3) is 0.429. The van der Waals surface area contributed by atoms with Crippen molar-refractivity contribution in [2.75, 3.05) is 0 Å². The van der Waals surface area contributed by atoms with Gasteiger partial charge in [-0.05, 0) is 25.5 Å². The van der Waals surface area contributed by atoms with Gasteiger partial charge >= 0.3 is 0 Å². The molecule has 2 nitrogen and oxygen atoms in total. The van der Waals surface area contributed by atoms with Crippen LogP contribution in [0.4, 0.5) is 0 Å². The smallest absolute Gasteiger partial charge is 0.114 e. The number of allylic oxidation sites excluding steroid dienone is 2. The predicted octanol–water partition coefficient (Wildman–Crippen LogP) is 1.32. The molecule has 2 N–H and O–H groups in total. The second-order valence-corrected chi connectivity index (χ2v) is 2.35. The van der Waals surface area contributed by atoms with E-state index in [1.165, 1.54) is 0 Å². The maximum atomic E-state index is 9.11. The van der Waals surface area contributed by atoms with Crippen LogP contribution >= 0.6 is 0 Å². The molecule has 1 heterocycles. The van der Waals surface area contributed by atoms with Gasteiger partial charge in [0.15, 0.2) is 0 Å². The molecule has 50 valence electrons. The molecule has 1 rings (SSSR count). The Morgan fingerprint density at radius 2 is 2.33 bits per heavy atom. The first-order chi connectivity index (χ1) is 4.20. The van der Waals surface area contributed by atoms with Crippen LogP contribution in [0.1, 0.15) is 13.8 Å². The number of hydrogen-bond acceptors (Lipinski definition) is 2. The van der Waals surface area contributed by atoms with Crippen LogP contribution in [0.25, 0.3) is 0 Å². The Kier molecular flexibility index (Phi) is 1.47. The third-order valence-electron chi connectivity index (χ3n) is 1.38. The van der Waals surface area contributed by atoms with Gasteiger partial charge in [-0.15, -0.1) is 0 Å². The van der Waals surface area contributed by atoms with E-state index in [9.17, 15) is 0 Å². The van der Waals surface area contributed by atoms with Gasteiger partial charge in [-0.3, -0.25) is 0 Å². The van der Waals surface area contributed by atoms with Crippen LogP contribution in [0.3, 0.4) is 0 Å². The van der Waals surface area contributed by atoms with E-state index in [1.54, 1.807) is 6.08 Å². The molecule has 1 aliphatic rings. The largest absolute Gasteiger partial charge is 0.510 e. The maximum absolute atomic E-state index is 9.11. The third kappa shape index (κ3) is 1.25. The molecule has 0 saturated carbocycles. The van der Waals surface area contributed by atoms with Crippen molar-refractivity contribution in [1.82, 2.24) is 5.32 Å². The Labute approximate surface area is 54.9 Å². The van der Waals surface area contributed by atoms with Gasteiger partial charge in [-0.2, -0.15) is 0 Å². The van der Waals surface area contributed by atoms with Crippen LogP contribution < -0.4 is 5.32 Å². The summed E-state index contributed by atoms with van der Waals surface area (Å²) >= 11 is 0. The monoisotopic (exact) mass is 125 g/mol. The average Bonchev–Trinajstić information content (AvgIpc) is 1.80. The minimum Gasteiger partial charge on any atom is -0.510 e. The van der Waals surface area contributed by atoms with Gasteiger partial charge in [-0.1, -0.05) is 0 Å². The van der Waals surface area contributed by atoms with Gasteiger partial charge in [-0.25, -0.2) is 0 Å². The van der Waals surface area contributed by atoms with E-state index in [2.05, 4.69) is 5.32 Å². The van der Waals surface area contributed by atoms with Gasteiger partial charge < -0.3 is 10.4 Å². The zero-order valence-electron chi connectivity index (χ0n) is 5.68. The first kappa shape index (κ1) is 6.20. The van der Waals surface area contributed by atoms with E-state index in [0.717, 1.165) is 5.57 Å². The molecule has 0 aromatic heterocycles. The molecule has 1 unspecified atom stereocenters. The van der Waals surface area contributed by atoms with Crippen LogP contribution in [-0.4, -0.2) is 11.1 Å². The first-order valence-corrected chi connectivity index (χ1v) is 3.03. The molecule has 0 saturated heterocycles. The van der Waals surface area contributed by atoms with E-state index < -0.39 is 0 Å². The fourth-order valence-corrected chi connectivity index (χ4v) is 0.742. The summed E-state index contributed by atoms with van der Waals surface area (Å²) in [6.07, 6.45) is 3.66. The summed E-state index contributed by atoms with van der Waals surface area (Å²) in [5.74, 6) is 0.412. The second kappa shape index (κ2) is 2.13. The topological polar surface area (TPSA) is 32.3 Å². The molecule has 0 fully saturated rings. The molecule has 9 heavy (non-hydrogen) atoms. The molecule has 0 amide bonds. The molecule has 0 aliphatic carbocycles. The lowest BCUT2D eigenvalue weighted by atomic mass is 10.1. The zero-order valence-corrected chi connectivity index (χ0v) is 5.68. The second-order valence-electron chi connectivity index (χ2n) is 2.35. The Balaban J connectivity index is 2.74. The molecule has 0 aromatic rings. The number of dihydropyridines is 1. The number of hydrogen-bond donors (Lipinski definition) is 2. The summed E-state index contributed by atoms with van der Waals surface area (Å²) in [4.78, 5) is 0. The average molecular weight is 125 g/mol. The number of rotatable bonds is 0. The Morgan fingerprint density at radius 1 is 1.67 bits per heavy atom. The van der Waals surface area contributed by atoms with Crippen LogP contribution in [0.5, 0.6) is 0 Å². The maximum Gasteiger partial charge on any atom is 0.114 e. The summed E-state index contributed by atoms with van der Waals surface area (Å²) in [5.41, 5.74) is 1.06. The summed E-state index contributed by atoms with van der Waals surface area (Å²) in [5, 5.41) is 12.1. The summed E-state index contributed by atoms with van der Waals surface area (Å²) in [7, 11) is 0. The highest BCUT2D eigenvalue weighted by Gasteiger charge is 2.07. The van der Waals surface area contributed by atoms with Crippen LogP contribution in [-0.2, 0) is 0 Å². The Morgan fingerprint density at radius 3 is 2.78 bits per heavy atom. The van der Waals surface area contributed by atoms with Gasteiger partial charge in [0.05, 0.1) is 6.04 Å². The van der Waals surface area contributed by atoms with Crippen molar-refractivity contribution in [2.45, 2.75) is 19.9 Å². The lowest BCUT2D eigenvalue weighted by molar-refractivity contribution is 0.357. The van der Waals surface area contributed by atoms with Crippen molar-refractivity contribution in [3.8, 4) is 0 Å². The SMILES string of the molecule is CC1=CNC(C)C(O)=C1. The van der Waals surface area contributed by atoms with E-state index in [1.807, 2.05) is 20.0 Å². The Bertz CT molecular complexity index is 170. The normalized spacial score (nSPS) is 26.2. The molecule has 1 atom stereocenters. The minimum absolute atomic E-state index is 0.0775. The zero-order chi connectivity index (χ0) is 6.85. The molecule has 0 spiro atoms. The fourth-order valence-electron chi connectivity index (χ4n) is 0.742. The highest BCUT2D eigenvalue weighted by Crippen LogP contribution is 2.07. The van der Waals surface area contributed by atoms with Crippen molar-refractivity contribution in [2.24, 2.45) is 0 Å². The molecule has 2 heteroatoms. The highest BCUT2D eigenvalue weighted by molar-refractivity contribution is 5.24. The number of aliphatic hydroxyl groups excluding tert-OH is 1. The highest BCUT2D eigenvalue weighted by atomic mass is 16.3. The van der Waals surface area contributed by atoms with Gasteiger partial charge in [0.2, 0.25) is 0 Å². The van der Waals surface area contributed by atoms with Crippen molar-refractivity contribution in [3.63, 3.8) is 0 Å². The van der Waals surface area contributed by atoms with E-state index in [-0.39, 0.29) is 6.04 Å². The number of aliphatic hydroxyl groups is 1. The van der Waals surface area contributed by atoms with Crippen molar-refractivity contribution < 1.29 is 5.11 Å². The third-order valence-corrected chi connectivity index (χ3v) is 1.38. The van der Waals surface area contributed by atoms with Gasteiger partial charge in [0.1, 0.15) is 5.76 Å². The Hall–Kier alpha value is -0.920. The van der Waals surface area contributed by atoms with Crippen LogP contribution in [0.2, 0.25) is 0 Å². The van der Waals surface area contributed by atoms with Crippen molar-refractivity contribution >= 4 is 0 Å². The molecule has 0 aromatic carbocycles. The standard InChI is InChI=1S/C7H11NO/c1-5-3-7(9)6(2)8-4-5/h3-4,6,8-9H,1-2H3. The predicted molar refractivity (Wildman–Crippen MR) is 37.1 cm³/mol. The quantitative estimate of drug-likeness (QED) is 0.511. The van der Waals surface area contributed by atoms with Gasteiger partial charge in [0, 0.05) is 6.20 Å². The van der Waals surface area contributed by atoms with Crippen molar-refractivity contribution in [3.05, 3.63) is 23.6 Å². The molecular formula is C7H11NO. The molecule has 1 aliphatic heterocycles. The molecule has 0 bridgehead atoms. The summed E-state index contributed by atoms with van der Waals surface area (Å²) < 4.78 is 0. The van der Waals surface area contributed by atoms with Crippen molar-refractivity contribution in [1.29, 1.82) is 0 Å². The molecular weight excluding hydrogens is 114 g/mol.